The second-order valence-electron chi connectivity index (χ2n) is 6.64. The number of nitrogens with zero attached hydrogens (tertiary/aromatic N) is 1. The topological polar surface area (TPSA) is 61.4 Å². The van der Waals surface area contributed by atoms with Crippen LogP contribution in [0.15, 0.2) is 48.5 Å². The lowest BCUT2D eigenvalue weighted by Crippen LogP contribution is -2.27. The number of hydrogen-bond donors (Lipinski definition) is 2. The van der Waals surface area contributed by atoms with Gasteiger partial charge in [0.1, 0.15) is 5.38 Å². The molecule has 26 heavy (non-hydrogen) atoms. The molecule has 2 amide bonds. The molecule has 5 nitrogen and oxygen atoms in total. The Kier molecular flexibility index (Phi) is 5.47. The minimum Gasteiger partial charge on any atom is -0.377 e. The summed E-state index contributed by atoms with van der Waals surface area (Å²) in [7, 11) is 3.76. The molecule has 1 aliphatic rings. The average Bonchev–Trinajstić information content (AvgIpc) is 3.45. The summed E-state index contributed by atoms with van der Waals surface area (Å²) in [5.41, 5.74) is 2.60. The first-order valence-corrected chi connectivity index (χ1v) is 9.01. The van der Waals surface area contributed by atoms with Crippen LogP contribution in [0.4, 0.5) is 11.4 Å². The Hall–Kier alpha value is -2.53. The lowest BCUT2D eigenvalue weighted by atomic mass is 10.1. The molecular weight excluding hydrogens is 350 g/mol. The number of nitrogens with one attached hydrogen (secondary N) is 2. The summed E-state index contributed by atoms with van der Waals surface area (Å²) in [6.45, 7) is 0. The molecule has 0 aliphatic heterocycles. The Balaban J connectivity index is 1.79. The predicted octanol–water partition coefficient (Wildman–Crippen LogP) is 3.56. The number of amides is 2. The molecule has 2 aromatic carbocycles. The average molecular weight is 372 g/mol. The maximum Gasteiger partial charge on any atom is 0.253 e. The number of rotatable bonds is 6. The highest BCUT2D eigenvalue weighted by Gasteiger charge is 2.26. The summed E-state index contributed by atoms with van der Waals surface area (Å²) in [6.07, 6.45) is 2.04. The molecule has 1 saturated carbocycles. The van der Waals surface area contributed by atoms with Gasteiger partial charge in [0, 0.05) is 31.5 Å². The highest BCUT2D eigenvalue weighted by molar-refractivity contribution is 6.32. The largest absolute Gasteiger partial charge is 0.377 e. The van der Waals surface area contributed by atoms with Crippen LogP contribution in [0.3, 0.4) is 0 Å². The van der Waals surface area contributed by atoms with Crippen LogP contribution in [0.25, 0.3) is 0 Å². The van der Waals surface area contributed by atoms with E-state index in [0.29, 0.717) is 11.3 Å². The van der Waals surface area contributed by atoms with Gasteiger partial charge < -0.3 is 15.5 Å². The van der Waals surface area contributed by atoms with Crippen LogP contribution in [0.5, 0.6) is 0 Å². The van der Waals surface area contributed by atoms with Crippen LogP contribution < -0.4 is 15.5 Å². The molecule has 2 aromatic rings. The molecule has 0 saturated heterocycles. The van der Waals surface area contributed by atoms with Crippen molar-refractivity contribution in [3.63, 3.8) is 0 Å². The van der Waals surface area contributed by atoms with Crippen LogP contribution in [0.2, 0.25) is 0 Å². The number of anilines is 2. The summed E-state index contributed by atoms with van der Waals surface area (Å²) in [5.74, 6) is -0.457. The van der Waals surface area contributed by atoms with Crippen molar-refractivity contribution in [2.24, 2.45) is 0 Å². The molecular formula is C20H22ClN3O2. The van der Waals surface area contributed by atoms with E-state index in [1.165, 1.54) is 0 Å². The van der Waals surface area contributed by atoms with Crippen LogP contribution in [-0.2, 0) is 4.79 Å². The number of benzene rings is 2. The zero-order valence-corrected chi connectivity index (χ0v) is 15.6. The van der Waals surface area contributed by atoms with Gasteiger partial charge in [-0.05, 0) is 36.6 Å². The van der Waals surface area contributed by atoms with Crippen LogP contribution >= 0.6 is 11.6 Å². The number of hydrogen-bond acceptors (Lipinski definition) is 3. The minimum absolute atomic E-state index is 0.127. The van der Waals surface area contributed by atoms with E-state index < -0.39 is 5.38 Å². The maximum atomic E-state index is 12.5. The summed E-state index contributed by atoms with van der Waals surface area (Å²) < 4.78 is 0. The highest BCUT2D eigenvalue weighted by Crippen LogP contribution is 2.27. The molecule has 1 aliphatic carbocycles. The minimum atomic E-state index is -0.798. The SMILES string of the molecule is CN(C)c1ccc(NC(=O)[C@H](Cl)c2ccccc2)cc1C(=O)NC1CC1. The molecule has 0 aromatic heterocycles. The van der Waals surface area contributed by atoms with Crippen molar-refractivity contribution in [1.29, 1.82) is 0 Å². The molecule has 6 heteroatoms. The van der Waals surface area contributed by atoms with Gasteiger partial charge in [-0.25, -0.2) is 0 Å². The van der Waals surface area contributed by atoms with Crippen molar-refractivity contribution in [1.82, 2.24) is 5.32 Å². The van der Waals surface area contributed by atoms with Gasteiger partial charge in [-0.3, -0.25) is 9.59 Å². The zero-order chi connectivity index (χ0) is 18.7. The maximum absolute atomic E-state index is 12.5. The van der Waals surface area contributed by atoms with Gasteiger partial charge in [-0.15, -0.1) is 11.6 Å². The Bertz CT molecular complexity index is 804. The molecule has 0 bridgehead atoms. The first-order valence-electron chi connectivity index (χ1n) is 8.58. The zero-order valence-electron chi connectivity index (χ0n) is 14.8. The monoisotopic (exact) mass is 371 g/mol. The molecule has 0 heterocycles. The van der Waals surface area contributed by atoms with E-state index in [1.54, 1.807) is 24.3 Å². The van der Waals surface area contributed by atoms with Crippen molar-refractivity contribution >= 4 is 34.8 Å². The second-order valence-corrected chi connectivity index (χ2v) is 7.07. The Morgan fingerprint density at radius 1 is 1.12 bits per heavy atom. The fraction of sp³-hybridized carbons (Fsp3) is 0.300. The quantitative estimate of drug-likeness (QED) is 0.763. The summed E-state index contributed by atoms with van der Waals surface area (Å²) in [5, 5.41) is 4.99. The third-order valence-electron chi connectivity index (χ3n) is 4.23. The predicted molar refractivity (Wildman–Crippen MR) is 105 cm³/mol. The summed E-state index contributed by atoms with van der Waals surface area (Å²) in [4.78, 5) is 26.9. The Morgan fingerprint density at radius 2 is 1.81 bits per heavy atom. The molecule has 0 spiro atoms. The molecule has 1 atom stereocenters. The normalized spacial score (nSPS) is 14.4. The van der Waals surface area contributed by atoms with Gasteiger partial charge in [-0.1, -0.05) is 30.3 Å². The van der Waals surface area contributed by atoms with Crippen molar-refractivity contribution < 1.29 is 9.59 Å². The van der Waals surface area contributed by atoms with E-state index in [0.717, 1.165) is 24.1 Å². The van der Waals surface area contributed by atoms with Gasteiger partial charge in [0.2, 0.25) is 5.91 Å². The number of halogens is 1. The van der Waals surface area contributed by atoms with Crippen molar-refractivity contribution in [2.75, 3.05) is 24.3 Å². The Morgan fingerprint density at radius 3 is 2.42 bits per heavy atom. The van der Waals surface area contributed by atoms with Gasteiger partial charge in [0.15, 0.2) is 0 Å². The van der Waals surface area contributed by atoms with E-state index in [9.17, 15) is 9.59 Å². The van der Waals surface area contributed by atoms with E-state index >= 15 is 0 Å². The first-order chi connectivity index (χ1) is 12.5. The first kappa shape index (κ1) is 18.3. The third-order valence-corrected chi connectivity index (χ3v) is 4.68. The van der Waals surface area contributed by atoms with Crippen LogP contribution in [-0.4, -0.2) is 32.0 Å². The Labute approximate surface area is 158 Å². The number of alkyl halides is 1. The van der Waals surface area contributed by atoms with E-state index in [-0.39, 0.29) is 17.9 Å². The van der Waals surface area contributed by atoms with Gasteiger partial charge in [0.05, 0.1) is 5.56 Å². The molecule has 1 fully saturated rings. The fourth-order valence-corrected chi connectivity index (χ4v) is 2.86. The highest BCUT2D eigenvalue weighted by atomic mass is 35.5. The smallest absolute Gasteiger partial charge is 0.253 e. The van der Waals surface area contributed by atoms with Gasteiger partial charge >= 0.3 is 0 Å². The van der Waals surface area contributed by atoms with Gasteiger partial charge in [0.25, 0.3) is 5.91 Å². The van der Waals surface area contributed by atoms with Crippen LogP contribution in [0.1, 0.15) is 34.1 Å². The van der Waals surface area contributed by atoms with Crippen LogP contribution in [0, 0.1) is 0 Å². The van der Waals surface area contributed by atoms with Crippen molar-refractivity contribution in [3.05, 3.63) is 59.7 Å². The van der Waals surface area contributed by atoms with E-state index in [2.05, 4.69) is 10.6 Å². The number of carbonyl (C=O) groups is 2. The second kappa shape index (κ2) is 7.79. The lowest BCUT2D eigenvalue weighted by molar-refractivity contribution is -0.116. The number of carbonyl (C=O) groups excluding carboxylic acids is 2. The van der Waals surface area contributed by atoms with E-state index in [4.69, 9.17) is 11.6 Å². The molecule has 136 valence electrons. The molecule has 2 N–H and O–H groups in total. The molecule has 0 unspecified atom stereocenters. The summed E-state index contributed by atoms with van der Waals surface area (Å²) >= 11 is 6.27. The molecule has 3 rings (SSSR count). The van der Waals surface area contributed by atoms with Gasteiger partial charge in [-0.2, -0.15) is 0 Å². The van der Waals surface area contributed by atoms with Crippen molar-refractivity contribution in [2.45, 2.75) is 24.3 Å². The van der Waals surface area contributed by atoms with Crippen molar-refractivity contribution in [3.8, 4) is 0 Å². The molecule has 0 radical (unpaired) electrons. The standard InChI is InChI=1S/C20H22ClN3O2/c1-24(2)17-11-10-15(12-16(17)19(25)22-14-8-9-14)23-20(26)18(21)13-6-4-3-5-7-13/h3-7,10-12,14,18H,8-9H2,1-2H3,(H,22,25)(H,23,26)/t18-/m1/s1. The third kappa shape index (κ3) is 4.35. The summed E-state index contributed by atoms with van der Waals surface area (Å²) in [6, 6.07) is 14.7. The van der Waals surface area contributed by atoms with E-state index in [1.807, 2.05) is 43.3 Å². The fourth-order valence-electron chi connectivity index (χ4n) is 2.66. The lowest BCUT2D eigenvalue weighted by Gasteiger charge is -2.19.